The van der Waals surface area contributed by atoms with Crippen LogP contribution in [0.2, 0.25) is 0 Å². The van der Waals surface area contributed by atoms with Crippen LogP contribution in [0.25, 0.3) is 0 Å². The number of ether oxygens (including phenoxy) is 1. The summed E-state index contributed by atoms with van der Waals surface area (Å²) in [5.41, 5.74) is 0. The van der Waals surface area contributed by atoms with Crippen LogP contribution in [0, 0.1) is 0 Å². The van der Waals surface area contributed by atoms with E-state index in [0.29, 0.717) is 17.8 Å². The van der Waals surface area contributed by atoms with Crippen molar-refractivity contribution in [2.75, 3.05) is 37.0 Å². The molecule has 132 valence electrons. The number of carbonyl (C=O) groups excluding carboxylic acids is 1. The van der Waals surface area contributed by atoms with E-state index in [2.05, 4.69) is 25.0 Å². The van der Waals surface area contributed by atoms with Crippen LogP contribution in [-0.4, -0.2) is 58.8 Å². The summed E-state index contributed by atoms with van der Waals surface area (Å²) >= 11 is 1.51. The number of aromatic nitrogens is 3. The van der Waals surface area contributed by atoms with E-state index in [1.165, 1.54) is 37.4 Å². The van der Waals surface area contributed by atoms with E-state index in [1.54, 1.807) is 0 Å². The van der Waals surface area contributed by atoms with Crippen molar-refractivity contribution in [1.29, 1.82) is 0 Å². The lowest BCUT2D eigenvalue weighted by Crippen LogP contribution is -2.38. The van der Waals surface area contributed by atoms with E-state index in [-0.39, 0.29) is 5.91 Å². The highest BCUT2D eigenvalue weighted by Gasteiger charge is 2.32. The normalized spacial score (nSPS) is 22.1. The highest BCUT2D eigenvalue weighted by molar-refractivity contribution is 7.99. The number of morpholine rings is 1. The molecule has 0 unspecified atom stereocenters. The molecule has 0 radical (unpaired) electrons. The van der Waals surface area contributed by atoms with Gasteiger partial charge in [0.25, 0.3) is 0 Å². The number of anilines is 1. The second-order valence-electron chi connectivity index (χ2n) is 6.82. The molecule has 0 atom stereocenters. The quantitative estimate of drug-likeness (QED) is 0.785. The summed E-state index contributed by atoms with van der Waals surface area (Å²) in [6.45, 7) is 3.20. The van der Waals surface area contributed by atoms with Gasteiger partial charge in [0.05, 0.1) is 19.0 Å². The zero-order valence-electron chi connectivity index (χ0n) is 13.9. The van der Waals surface area contributed by atoms with Gasteiger partial charge < -0.3 is 15.0 Å². The van der Waals surface area contributed by atoms with Crippen molar-refractivity contribution in [2.45, 2.75) is 55.8 Å². The number of nitrogens with one attached hydrogen (secondary N) is 1. The van der Waals surface area contributed by atoms with Crippen LogP contribution in [-0.2, 0) is 9.53 Å². The molecule has 1 amide bonds. The second kappa shape index (κ2) is 7.31. The molecule has 7 nitrogen and oxygen atoms in total. The molecule has 2 heterocycles. The lowest BCUT2D eigenvalue weighted by atomic mass is 10.2. The number of hydrogen-bond acceptors (Lipinski definition) is 6. The molecule has 2 aliphatic carbocycles. The van der Waals surface area contributed by atoms with Crippen LogP contribution in [0.5, 0.6) is 0 Å². The minimum atomic E-state index is 0.116. The fraction of sp³-hybridized carbons (Fsp3) is 0.812. The first-order valence-electron chi connectivity index (χ1n) is 9.01. The van der Waals surface area contributed by atoms with E-state index >= 15 is 0 Å². The Morgan fingerprint density at radius 3 is 2.62 bits per heavy atom. The number of rotatable bonds is 6. The molecule has 0 spiro atoms. The van der Waals surface area contributed by atoms with Crippen molar-refractivity contribution < 1.29 is 9.53 Å². The standard InChI is InChI=1S/C16H25N5O2S/c22-14(17-12-3-1-2-4-12)11-24-16-19-18-15(21(16)13-5-6-13)20-7-9-23-10-8-20/h12-13H,1-11H2,(H,17,22). The molecular weight excluding hydrogens is 326 g/mol. The molecule has 3 aliphatic rings. The smallest absolute Gasteiger partial charge is 0.230 e. The highest BCUT2D eigenvalue weighted by atomic mass is 32.2. The molecule has 24 heavy (non-hydrogen) atoms. The SMILES string of the molecule is O=C(CSc1nnc(N2CCOCC2)n1C1CC1)NC1CCCC1. The number of amides is 1. The van der Waals surface area contributed by atoms with Gasteiger partial charge >= 0.3 is 0 Å². The molecule has 1 aliphatic heterocycles. The van der Waals surface area contributed by atoms with Gasteiger partial charge in [-0.05, 0) is 25.7 Å². The van der Waals surface area contributed by atoms with Crippen molar-refractivity contribution in [2.24, 2.45) is 0 Å². The van der Waals surface area contributed by atoms with Gasteiger partial charge in [0.1, 0.15) is 0 Å². The van der Waals surface area contributed by atoms with Crippen molar-refractivity contribution in [1.82, 2.24) is 20.1 Å². The molecule has 4 rings (SSSR count). The zero-order valence-corrected chi connectivity index (χ0v) is 14.8. The lowest BCUT2D eigenvalue weighted by Gasteiger charge is -2.27. The fourth-order valence-electron chi connectivity index (χ4n) is 3.47. The Hall–Kier alpha value is -1.28. The van der Waals surface area contributed by atoms with Gasteiger partial charge in [0.2, 0.25) is 11.9 Å². The summed E-state index contributed by atoms with van der Waals surface area (Å²) in [6, 6.07) is 0.876. The van der Waals surface area contributed by atoms with Gasteiger partial charge in [0, 0.05) is 25.2 Å². The third kappa shape index (κ3) is 3.69. The molecule has 1 saturated heterocycles. The third-order valence-electron chi connectivity index (χ3n) is 4.91. The Labute approximate surface area is 146 Å². The minimum Gasteiger partial charge on any atom is -0.378 e. The van der Waals surface area contributed by atoms with E-state index in [4.69, 9.17) is 4.74 Å². The number of thioether (sulfide) groups is 1. The van der Waals surface area contributed by atoms with Crippen LogP contribution < -0.4 is 10.2 Å². The summed E-state index contributed by atoms with van der Waals surface area (Å²) in [6.07, 6.45) is 7.06. The van der Waals surface area contributed by atoms with E-state index in [9.17, 15) is 4.79 Å². The maximum absolute atomic E-state index is 12.2. The largest absolute Gasteiger partial charge is 0.378 e. The Kier molecular flexibility index (Phi) is 4.93. The first-order chi connectivity index (χ1) is 11.8. The maximum Gasteiger partial charge on any atom is 0.230 e. The predicted molar refractivity (Wildman–Crippen MR) is 92.4 cm³/mol. The summed E-state index contributed by atoms with van der Waals surface area (Å²) in [5.74, 6) is 1.48. The van der Waals surface area contributed by atoms with E-state index in [1.807, 2.05) is 0 Å². The molecule has 8 heteroatoms. The minimum absolute atomic E-state index is 0.116. The van der Waals surface area contributed by atoms with Gasteiger partial charge in [-0.15, -0.1) is 10.2 Å². The molecule has 3 fully saturated rings. The summed E-state index contributed by atoms with van der Waals surface area (Å²) < 4.78 is 7.66. The van der Waals surface area contributed by atoms with Crippen molar-refractivity contribution in [3.05, 3.63) is 0 Å². The van der Waals surface area contributed by atoms with Crippen LogP contribution >= 0.6 is 11.8 Å². The Bertz CT molecular complexity index is 577. The average Bonchev–Trinajstić information content (AvgIpc) is 3.15. The van der Waals surface area contributed by atoms with E-state index < -0.39 is 0 Å². The van der Waals surface area contributed by atoms with Crippen molar-refractivity contribution in [3.63, 3.8) is 0 Å². The van der Waals surface area contributed by atoms with Crippen LogP contribution in [0.15, 0.2) is 5.16 Å². The topological polar surface area (TPSA) is 72.3 Å². The molecular formula is C16H25N5O2S. The average molecular weight is 351 g/mol. The molecule has 1 aromatic rings. The number of carbonyl (C=O) groups is 1. The second-order valence-corrected chi connectivity index (χ2v) is 7.76. The van der Waals surface area contributed by atoms with Gasteiger partial charge in [-0.1, -0.05) is 24.6 Å². The van der Waals surface area contributed by atoms with Crippen LogP contribution in [0.1, 0.15) is 44.6 Å². The zero-order chi connectivity index (χ0) is 16.4. The molecule has 0 aromatic carbocycles. The Morgan fingerprint density at radius 2 is 1.92 bits per heavy atom. The molecule has 0 bridgehead atoms. The van der Waals surface area contributed by atoms with Gasteiger partial charge in [-0.3, -0.25) is 9.36 Å². The first-order valence-corrected chi connectivity index (χ1v) is 9.99. The van der Waals surface area contributed by atoms with Crippen LogP contribution in [0.4, 0.5) is 5.95 Å². The van der Waals surface area contributed by atoms with Gasteiger partial charge in [-0.2, -0.15) is 0 Å². The molecule has 1 N–H and O–H groups in total. The Morgan fingerprint density at radius 1 is 1.17 bits per heavy atom. The Balaban J connectivity index is 1.39. The lowest BCUT2D eigenvalue weighted by molar-refractivity contribution is -0.119. The number of hydrogen-bond donors (Lipinski definition) is 1. The monoisotopic (exact) mass is 351 g/mol. The maximum atomic E-state index is 12.2. The highest BCUT2D eigenvalue weighted by Crippen LogP contribution is 2.41. The number of nitrogens with zero attached hydrogens (tertiary/aromatic N) is 4. The van der Waals surface area contributed by atoms with Crippen molar-refractivity contribution in [3.8, 4) is 0 Å². The summed E-state index contributed by atoms with van der Waals surface area (Å²) in [5, 5.41) is 12.8. The van der Waals surface area contributed by atoms with Gasteiger partial charge in [0.15, 0.2) is 5.16 Å². The third-order valence-corrected chi connectivity index (χ3v) is 5.85. The fourth-order valence-corrected chi connectivity index (χ4v) is 4.28. The van der Waals surface area contributed by atoms with Crippen LogP contribution in [0.3, 0.4) is 0 Å². The van der Waals surface area contributed by atoms with Gasteiger partial charge in [-0.25, -0.2) is 0 Å². The van der Waals surface area contributed by atoms with Crippen molar-refractivity contribution >= 4 is 23.6 Å². The molecule has 2 saturated carbocycles. The summed E-state index contributed by atoms with van der Waals surface area (Å²) in [7, 11) is 0. The predicted octanol–water partition coefficient (Wildman–Crippen LogP) is 1.60. The first kappa shape index (κ1) is 16.2. The van der Waals surface area contributed by atoms with E-state index in [0.717, 1.165) is 50.2 Å². The summed E-state index contributed by atoms with van der Waals surface area (Å²) in [4.78, 5) is 14.4. The molecule has 1 aromatic heterocycles.